The van der Waals surface area contributed by atoms with Gasteiger partial charge in [-0.25, -0.2) is 0 Å². The number of carbonyl (C=O) groups is 2. The van der Waals surface area contributed by atoms with Gasteiger partial charge in [-0.15, -0.1) is 0 Å². The molecule has 1 unspecified atom stereocenters. The molecular weight excluding hydrogens is 434 g/mol. The number of hydrogen-bond donors (Lipinski definition) is 3. The van der Waals surface area contributed by atoms with Crippen molar-refractivity contribution in [2.45, 2.75) is 58.3 Å². The fourth-order valence-electron chi connectivity index (χ4n) is 4.68. The second kappa shape index (κ2) is 11.8. The zero-order valence-corrected chi connectivity index (χ0v) is 20.6. The van der Waals surface area contributed by atoms with Gasteiger partial charge < -0.3 is 16.0 Å². The topological polar surface area (TPSA) is 70.2 Å². The molecule has 182 valence electrons. The summed E-state index contributed by atoms with van der Waals surface area (Å²) >= 11 is 0. The lowest BCUT2D eigenvalue weighted by molar-refractivity contribution is -0.124. The Bertz CT molecular complexity index is 1140. The van der Waals surface area contributed by atoms with E-state index in [0.29, 0.717) is 24.7 Å². The van der Waals surface area contributed by atoms with Crippen LogP contribution < -0.4 is 16.0 Å². The number of rotatable bonds is 9. The number of nitrogens with one attached hydrogen (secondary N) is 3. The third-order valence-corrected chi connectivity index (χ3v) is 6.66. The van der Waals surface area contributed by atoms with Crippen molar-refractivity contribution in [1.29, 1.82) is 0 Å². The summed E-state index contributed by atoms with van der Waals surface area (Å²) in [6, 6.07) is 25.8. The second-order valence-electron chi connectivity index (χ2n) is 9.62. The molecule has 4 rings (SSSR count). The van der Waals surface area contributed by atoms with Crippen molar-refractivity contribution in [3.63, 3.8) is 0 Å². The van der Waals surface area contributed by atoms with E-state index in [4.69, 9.17) is 0 Å². The first-order valence-electron chi connectivity index (χ1n) is 12.5. The van der Waals surface area contributed by atoms with E-state index in [0.717, 1.165) is 24.0 Å². The lowest BCUT2D eigenvalue weighted by atomic mass is 9.87. The number of fused-ring (bicyclic) bond motifs is 1. The van der Waals surface area contributed by atoms with Gasteiger partial charge in [0.05, 0.1) is 0 Å². The van der Waals surface area contributed by atoms with Crippen LogP contribution in [0.2, 0.25) is 0 Å². The highest BCUT2D eigenvalue weighted by Crippen LogP contribution is 2.29. The highest BCUT2D eigenvalue weighted by atomic mass is 16.2. The Morgan fingerprint density at radius 2 is 1.63 bits per heavy atom. The lowest BCUT2D eigenvalue weighted by Gasteiger charge is -2.26. The van der Waals surface area contributed by atoms with Crippen LogP contribution in [0.1, 0.15) is 65.3 Å². The summed E-state index contributed by atoms with van der Waals surface area (Å²) in [5.74, 6) is -0.444. The lowest BCUT2D eigenvalue weighted by Crippen LogP contribution is -2.49. The van der Waals surface area contributed by atoms with Crippen LogP contribution in [0.4, 0.5) is 0 Å². The molecule has 0 aliphatic heterocycles. The molecule has 3 aromatic carbocycles. The van der Waals surface area contributed by atoms with E-state index in [1.807, 2.05) is 62.4 Å². The zero-order chi connectivity index (χ0) is 24.6. The van der Waals surface area contributed by atoms with E-state index >= 15 is 0 Å². The molecule has 2 amide bonds. The van der Waals surface area contributed by atoms with Gasteiger partial charge in [-0.2, -0.15) is 0 Å². The molecule has 5 nitrogen and oxygen atoms in total. The Hall–Kier alpha value is -3.44. The Kier molecular flexibility index (Phi) is 8.32. The molecule has 0 spiro atoms. The monoisotopic (exact) mass is 469 g/mol. The van der Waals surface area contributed by atoms with E-state index in [9.17, 15) is 9.59 Å². The van der Waals surface area contributed by atoms with Gasteiger partial charge in [0, 0.05) is 24.7 Å². The normalized spacial score (nSPS) is 15.8. The van der Waals surface area contributed by atoms with E-state index in [-0.39, 0.29) is 17.7 Å². The van der Waals surface area contributed by atoms with Gasteiger partial charge in [0.25, 0.3) is 5.91 Å². The Labute approximate surface area is 208 Å². The third kappa shape index (κ3) is 6.58. The summed E-state index contributed by atoms with van der Waals surface area (Å²) in [6.45, 7) is 5.00. The molecule has 1 aliphatic rings. The van der Waals surface area contributed by atoms with Crippen LogP contribution in [0.15, 0.2) is 78.9 Å². The quantitative estimate of drug-likeness (QED) is 0.416. The molecule has 0 fully saturated rings. The average molecular weight is 470 g/mol. The Morgan fingerprint density at radius 1 is 0.886 bits per heavy atom. The largest absolute Gasteiger partial charge is 0.350 e. The van der Waals surface area contributed by atoms with Gasteiger partial charge >= 0.3 is 0 Å². The summed E-state index contributed by atoms with van der Waals surface area (Å²) in [4.78, 5) is 25.9. The standard InChI is InChI=1S/C30H35N3O2/c1-21(2)28(30(35)32-19-22-10-4-3-5-11-22)33-29(34)25-15-8-12-23(18-25)20-31-27-17-9-14-24-13-6-7-16-26(24)27/h3-8,10-13,15-16,18,21,27-28,31H,9,14,17,19-20H2,1-2H3,(H,32,35)(H,33,34)/t27?,28-/m0/s1. The SMILES string of the molecule is CC(C)[C@H](NC(=O)c1cccc(CNC2CCCc3ccccc32)c1)C(=O)NCc1ccccc1. The fourth-order valence-corrected chi connectivity index (χ4v) is 4.68. The van der Waals surface area contributed by atoms with E-state index in [1.54, 1.807) is 6.07 Å². The van der Waals surface area contributed by atoms with Crippen LogP contribution in [0, 0.1) is 5.92 Å². The average Bonchev–Trinajstić information content (AvgIpc) is 2.89. The summed E-state index contributed by atoms with van der Waals surface area (Å²) in [7, 11) is 0. The highest BCUT2D eigenvalue weighted by molar-refractivity contribution is 5.97. The minimum absolute atomic E-state index is 0.0362. The first kappa shape index (κ1) is 24.7. The van der Waals surface area contributed by atoms with Crippen LogP contribution >= 0.6 is 0 Å². The number of carbonyl (C=O) groups excluding carboxylic acids is 2. The number of benzene rings is 3. The van der Waals surface area contributed by atoms with Crippen molar-refractivity contribution in [2.75, 3.05) is 0 Å². The molecule has 0 saturated carbocycles. The molecule has 0 aromatic heterocycles. The van der Waals surface area contributed by atoms with Gasteiger partial charge in [0.15, 0.2) is 0 Å². The van der Waals surface area contributed by atoms with Crippen LogP contribution in [0.5, 0.6) is 0 Å². The molecule has 2 atom stereocenters. The minimum Gasteiger partial charge on any atom is -0.350 e. The zero-order valence-electron chi connectivity index (χ0n) is 20.6. The molecule has 1 aliphatic carbocycles. The predicted octanol–water partition coefficient (Wildman–Crippen LogP) is 4.92. The smallest absolute Gasteiger partial charge is 0.251 e. The summed E-state index contributed by atoms with van der Waals surface area (Å²) in [5.41, 5.74) is 5.45. The molecule has 0 heterocycles. The first-order valence-corrected chi connectivity index (χ1v) is 12.5. The molecule has 35 heavy (non-hydrogen) atoms. The Balaban J connectivity index is 1.36. The van der Waals surface area contributed by atoms with Gasteiger partial charge in [0.1, 0.15) is 6.04 Å². The maximum Gasteiger partial charge on any atom is 0.251 e. The fraction of sp³-hybridized carbons (Fsp3) is 0.333. The van der Waals surface area contributed by atoms with Gasteiger partial charge in [0.2, 0.25) is 5.91 Å². The summed E-state index contributed by atoms with van der Waals surface area (Å²) < 4.78 is 0. The minimum atomic E-state index is -0.605. The predicted molar refractivity (Wildman–Crippen MR) is 140 cm³/mol. The van der Waals surface area contributed by atoms with Gasteiger partial charge in [-0.3, -0.25) is 9.59 Å². The van der Waals surface area contributed by atoms with Gasteiger partial charge in [-0.1, -0.05) is 80.6 Å². The van der Waals surface area contributed by atoms with Crippen molar-refractivity contribution in [3.05, 3.63) is 107 Å². The number of amides is 2. The van der Waals surface area contributed by atoms with E-state index < -0.39 is 6.04 Å². The van der Waals surface area contributed by atoms with Gasteiger partial charge in [-0.05, 0) is 59.6 Å². The van der Waals surface area contributed by atoms with E-state index in [1.165, 1.54) is 17.5 Å². The van der Waals surface area contributed by atoms with Crippen LogP contribution in [-0.4, -0.2) is 17.9 Å². The molecular formula is C30H35N3O2. The van der Waals surface area contributed by atoms with Crippen molar-refractivity contribution in [3.8, 4) is 0 Å². The first-order chi connectivity index (χ1) is 17.0. The molecule has 3 aromatic rings. The maximum atomic E-state index is 13.0. The van der Waals surface area contributed by atoms with E-state index in [2.05, 4.69) is 40.2 Å². The Morgan fingerprint density at radius 3 is 2.43 bits per heavy atom. The third-order valence-electron chi connectivity index (χ3n) is 6.66. The summed E-state index contributed by atoms with van der Waals surface area (Å²) in [5, 5.41) is 9.57. The van der Waals surface area contributed by atoms with Crippen molar-refractivity contribution in [2.24, 2.45) is 5.92 Å². The molecule has 0 saturated heterocycles. The highest BCUT2D eigenvalue weighted by Gasteiger charge is 2.25. The maximum absolute atomic E-state index is 13.0. The van der Waals surface area contributed by atoms with Crippen LogP contribution in [-0.2, 0) is 24.3 Å². The van der Waals surface area contributed by atoms with Crippen LogP contribution in [0.25, 0.3) is 0 Å². The van der Waals surface area contributed by atoms with Crippen LogP contribution in [0.3, 0.4) is 0 Å². The second-order valence-corrected chi connectivity index (χ2v) is 9.62. The summed E-state index contributed by atoms with van der Waals surface area (Å²) in [6.07, 6.45) is 3.44. The van der Waals surface area contributed by atoms with Crippen molar-refractivity contribution < 1.29 is 9.59 Å². The molecule has 5 heteroatoms. The number of hydrogen-bond acceptors (Lipinski definition) is 3. The van der Waals surface area contributed by atoms with Crippen molar-refractivity contribution >= 4 is 11.8 Å². The molecule has 3 N–H and O–H groups in total. The molecule has 0 bridgehead atoms. The van der Waals surface area contributed by atoms with Crippen molar-refractivity contribution in [1.82, 2.24) is 16.0 Å². The molecule has 0 radical (unpaired) electrons. The number of aryl methyl sites for hydroxylation is 1.